The van der Waals surface area contributed by atoms with Crippen molar-refractivity contribution in [2.45, 2.75) is 25.8 Å². The van der Waals surface area contributed by atoms with Crippen LogP contribution in [0.1, 0.15) is 20.3 Å². The van der Waals surface area contributed by atoms with E-state index >= 15 is 0 Å². The molecule has 2 heterocycles. The summed E-state index contributed by atoms with van der Waals surface area (Å²) in [6.07, 6.45) is 1.90. The topological polar surface area (TPSA) is 66.9 Å². The highest BCUT2D eigenvalue weighted by Gasteiger charge is 2.36. The molecule has 2 aliphatic heterocycles. The fraction of sp³-hybridized carbons (Fsp3) is 0.526. The molecule has 0 saturated carbocycles. The maximum absolute atomic E-state index is 12.6. The van der Waals surface area contributed by atoms with Crippen LogP contribution in [0.3, 0.4) is 0 Å². The first kappa shape index (κ1) is 18.8. The number of hydrogen-bond donors (Lipinski definition) is 0. The molecule has 7 heteroatoms. The van der Waals surface area contributed by atoms with E-state index in [1.165, 1.54) is 5.41 Å². The number of carbonyl (C=O) groups is 1. The minimum absolute atomic E-state index is 0.0270. The van der Waals surface area contributed by atoms with Gasteiger partial charge in [0.1, 0.15) is 5.75 Å². The van der Waals surface area contributed by atoms with Crippen molar-refractivity contribution < 1.29 is 17.9 Å². The Labute approximate surface area is 155 Å². The molecule has 0 bridgehead atoms. The van der Waals surface area contributed by atoms with E-state index in [0.29, 0.717) is 13.1 Å². The average molecular weight is 378 g/mol. The van der Waals surface area contributed by atoms with Gasteiger partial charge in [-0.15, -0.1) is 0 Å². The van der Waals surface area contributed by atoms with Crippen molar-refractivity contribution in [2.75, 3.05) is 37.4 Å². The molecule has 26 heavy (non-hydrogen) atoms. The van der Waals surface area contributed by atoms with Gasteiger partial charge in [-0.2, -0.15) is 0 Å². The zero-order chi connectivity index (χ0) is 18.9. The van der Waals surface area contributed by atoms with Crippen LogP contribution in [-0.2, 0) is 14.6 Å². The van der Waals surface area contributed by atoms with Crippen LogP contribution < -0.4 is 9.64 Å². The molecule has 6 nitrogen and oxygen atoms in total. The number of hydrogen-bond acceptors (Lipinski definition) is 5. The number of sulfone groups is 1. The van der Waals surface area contributed by atoms with Gasteiger partial charge in [-0.05, 0) is 38.1 Å². The molecule has 1 fully saturated rings. The van der Waals surface area contributed by atoms with Crippen LogP contribution in [0, 0.1) is 5.92 Å². The van der Waals surface area contributed by atoms with E-state index in [2.05, 4.69) is 18.7 Å². The first-order valence-corrected chi connectivity index (χ1v) is 10.5. The third-order valence-electron chi connectivity index (χ3n) is 5.08. The number of amides is 1. The number of piperazine rings is 1. The third kappa shape index (κ3) is 4.03. The van der Waals surface area contributed by atoms with Gasteiger partial charge in [-0.25, -0.2) is 8.42 Å². The summed E-state index contributed by atoms with van der Waals surface area (Å²) in [6.45, 7) is 6.23. The predicted molar refractivity (Wildman–Crippen MR) is 102 cm³/mol. The van der Waals surface area contributed by atoms with Gasteiger partial charge in [0.25, 0.3) is 0 Å². The van der Waals surface area contributed by atoms with Crippen LogP contribution in [-0.4, -0.2) is 57.3 Å². The Kier molecular flexibility index (Phi) is 5.01. The summed E-state index contributed by atoms with van der Waals surface area (Å²) in [5.41, 5.74) is 0.896. The van der Waals surface area contributed by atoms with E-state index in [4.69, 9.17) is 4.74 Å². The van der Waals surface area contributed by atoms with Crippen LogP contribution in [0.2, 0.25) is 0 Å². The summed E-state index contributed by atoms with van der Waals surface area (Å²) < 4.78 is 28.3. The molecule has 3 rings (SSSR count). The summed E-state index contributed by atoms with van der Waals surface area (Å²) in [4.78, 5) is 16.8. The Morgan fingerprint density at radius 1 is 1.23 bits per heavy atom. The fourth-order valence-corrected chi connectivity index (χ4v) is 5.13. The van der Waals surface area contributed by atoms with E-state index in [-0.39, 0.29) is 29.5 Å². The zero-order valence-electron chi connectivity index (χ0n) is 15.5. The van der Waals surface area contributed by atoms with Gasteiger partial charge in [0.2, 0.25) is 5.91 Å². The monoisotopic (exact) mass is 378 g/mol. The molecule has 142 valence electrons. The molecule has 0 aromatic heterocycles. The van der Waals surface area contributed by atoms with Gasteiger partial charge < -0.3 is 14.5 Å². The number of benzene rings is 1. The summed E-state index contributed by atoms with van der Waals surface area (Å²) >= 11 is 0. The summed E-state index contributed by atoms with van der Waals surface area (Å²) in [7, 11) is -1.47. The number of anilines is 1. The lowest BCUT2D eigenvalue weighted by atomic mass is 9.96. The SMILES string of the molecule is COc1ccc(N2CCN(C(=O)C[C@@H]3C=CS(=O)(=O)C3)CC2(C)C)cc1. The Hall–Kier alpha value is -2.02. The largest absolute Gasteiger partial charge is 0.497 e. The second-order valence-corrected chi connectivity index (χ2v) is 9.53. The van der Waals surface area contributed by atoms with Gasteiger partial charge in [0, 0.05) is 43.1 Å². The molecule has 0 aliphatic carbocycles. The molecule has 1 amide bonds. The molecule has 2 aliphatic rings. The van der Waals surface area contributed by atoms with E-state index in [0.717, 1.165) is 18.0 Å². The van der Waals surface area contributed by atoms with E-state index < -0.39 is 9.84 Å². The van der Waals surface area contributed by atoms with Crippen molar-refractivity contribution >= 4 is 21.4 Å². The van der Waals surface area contributed by atoms with Crippen LogP contribution in [0.25, 0.3) is 0 Å². The second-order valence-electron chi connectivity index (χ2n) is 7.60. The number of rotatable bonds is 4. The molecule has 0 unspecified atom stereocenters. The summed E-state index contributed by atoms with van der Waals surface area (Å²) in [6, 6.07) is 7.95. The number of ether oxygens (including phenoxy) is 1. The summed E-state index contributed by atoms with van der Waals surface area (Å²) in [5, 5.41) is 1.23. The maximum Gasteiger partial charge on any atom is 0.223 e. The summed E-state index contributed by atoms with van der Waals surface area (Å²) in [5.74, 6) is 0.697. The maximum atomic E-state index is 12.6. The molecule has 0 radical (unpaired) electrons. The number of nitrogens with zero attached hydrogens (tertiary/aromatic N) is 2. The van der Waals surface area contributed by atoms with Gasteiger partial charge >= 0.3 is 0 Å². The second kappa shape index (κ2) is 6.95. The van der Waals surface area contributed by atoms with Crippen molar-refractivity contribution in [1.29, 1.82) is 0 Å². The predicted octanol–water partition coefficient (Wildman–Crippen LogP) is 2.07. The Bertz CT molecular complexity index is 799. The van der Waals surface area contributed by atoms with Crippen LogP contribution >= 0.6 is 0 Å². The molecular formula is C19H26N2O4S. The third-order valence-corrected chi connectivity index (χ3v) is 6.54. The molecule has 1 aromatic carbocycles. The standard InChI is InChI=1S/C19H26N2O4S/c1-19(2)14-20(18(22)12-15-8-11-26(23,24)13-15)9-10-21(19)16-4-6-17(25-3)7-5-16/h4-8,11,15H,9-10,12-14H2,1-3H3/t15-/m0/s1. The smallest absolute Gasteiger partial charge is 0.223 e. The molecule has 1 atom stereocenters. The minimum atomic E-state index is -3.12. The Morgan fingerprint density at radius 3 is 2.46 bits per heavy atom. The van der Waals surface area contributed by atoms with Crippen molar-refractivity contribution in [3.63, 3.8) is 0 Å². The van der Waals surface area contributed by atoms with E-state index in [9.17, 15) is 13.2 Å². The average Bonchev–Trinajstić information content (AvgIpc) is 2.92. The van der Waals surface area contributed by atoms with Crippen LogP contribution in [0.5, 0.6) is 5.75 Å². The molecule has 0 N–H and O–H groups in total. The van der Waals surface area contributed by atoms with Gasteiger partial charge in [0.05, 0.1) is 18.4 Å². The van der Waals surface area contributed by atoms with Crippen molar-refractivity contribution in [2.24, 2.45) is 5.92 Å². The first-order valence-electron chi connectivity index (χ1n) is 8.81. The molecule has 1 saturated heterocycles. The van der Waals surface area contributed by atoms with E-state index in [1.54, 1.807) is 13.2 Å². The first-order chi connectivity index (χ1) is 12.2. The normalized spacial score (nSPS) is 23.9. The highest BCUT2D eigenvalue weighted by Crippen LogP contribution is 2.30. The molecule has 1 aromatic rings. The molecular weight excluding hydrogens is 352 g/mol. The lowest BCUT2D eigenvalue weighted by Gasteiger charge is -2.48. The van der Waals surface area contributed by atoms with Crippen molar-refractivity contribution in [3.8, 4) is 5.75 Å². The number of methoxy groups -OCH3 is 1. The van der Waals surface area contributed by atoms with Crippen LogP contribution in [0.4, 0.5) is 5.69 Å². The number of allylic oxidation sites excluding steroid dienone is 1. The lowest BCUT2D eigenvalue weighted by Crippen LogP contribution is -2.60. The Morgan fingerprint density at radius 2 is 1.92 bits per heavy atom. The van der Waals surface area contributed by atoms with Gasteiger partial charge in [-0.1, -0.05) is 6.08 Å². The highest BCUT2D eigenvalue weighted by atomic mass is 32.2. The van der Waals surface area contributed by atoms with Gasteiger partial charge in [-0.3, -0.25) is 4.79 Å². The number of carbonyl (C=O) groups excluding carboxylic acids is 1. The quantitative estimate of drug-likeness (QED) is 0.802. The van der Waals surface area contributed by atoms with Gasteiger partial charge in [0.15, 0.2) is 9.84 Å². The van der Waals surface area contributed by atoms with Crippen molar-refractivity contribution in [1.82, 2.24) is 4.90 Å². The Balaban J connectivity index is 1.64. The highest BCUT2D eigenvalue weighted by molar-refractivity contribution is 7.94. The minimum Gasteiger partial charge on any atom is -0.497 e. The fourth-order valence-electron chi connectivity index (χ4n) is 3.73. The van der Waals surface area contributed by atoms with Crippen molar-refractivity contribution in [3.05, 3.63) is 35.7 Å². The lowest BCUT2D eigenvalue weighted by molar-refractivity contribution is -0.133. The zero-order valence-corrected chi connectivity index (χ0v) is 16.3. The molecule has 0 spiro atoms. The van der Waals surface area contributed by atoms with E-state index in [1.807, 2.05) is 29.2 Å². The van der Waals surface area contributed by atoms with Crippen LogP contribution in [0.15, 0.2) is 35.7 Å².